The van der Waals surface area contributed by atoms with E-state index in [-0.39, 0.29) is 6.04 Å². The molecule has 1 atom stereocenters. The minimum atomic E-state index is 0.230. The van der Waals surface area contributed by atoms with E-state index in [1.165, 1.54) is 44.2 Å². The van der Waals surface area contributed by atoms with Crippen molar-refractivity contribution in [2.45, 2.75) is 70.5 Å². The average Bonchev–Trinajstić information content (AvgIpc) is 2.74. The van der Waals surface area contributed by atoms with Crippen molar-refractivity contribution >= 4 is 0 Å². The van der Waals surface area contributed by atoms with Crippen LogP contribution in [0, 0.1) is 0 Å². The number of nitrogens with one attached hydrogen (secondary N) is 1. The maximum atomic E-state index is 5.99. The van der Waals surface area contributed by atoms with Crippen molar-refractivity contribution in [2.24, 2.45) is 5.73 Å². The molecule has 19 heavy (non-hydrogen) atoms. The van der Waals surface area contributed by atoms with E-state index >= 15 is 0 Å². The Labute approximate surface area is 116 Å². The number of hydrogen-bond donors (Lipinski definition) is 2. The van der Waals surface area contributed by atoms with E-state index in [9.17, 15) is 0 Å². The monoisotopic (exact) mass is 264 g/mol. The highest BCUT2D eigenvalue weighted by atomic mass is 15.1. The fourth-order valence-corrected chi connectivity index (χ4v) is 3.02. The van der Waals surface area contributed by atoms with Gasteiger partial charge in [0.15, 0.2) is 0 Å². The molecule has 0 aliphatic heterocycles. The van der Waals surface area contributed by atoms with Gasteiger partial charge in [0.05, 0.1) is 18.1 Å². The molecular weight excluding hydrogens is 236 g/mol. The van der Waals surface area contributed by atoms with Crippen molar-refractivity contribution in [1.29, 1.82) is 0 Å². The lowest BCUT2D eigenvalue weighted by molar-refractivity contribution is 0.384. The fourth-order valence-electron chi connectivity index (χ4n) is 3.02. The minimum absolute atomic E-state index is 0.230. The van der Waals surface area contributed by atoms with Gasteiger partial charge in [-0.25, -0.2) is 4.98 Å². The standard InChI is InChI=1S/C15H28N4/c1-12(2)19-11-17-10-15(19)14(9-16)18-13-7-5-3-4-6-8-13/h10-14,18H,3-9,16H2,1-2H3. The van der Waals surface area contributed by atoms with Crippen molar-refractivity contribution in [1.82, 2.24) is 14.9 Å². The molecule has 0 bridgehead atoms. The average molecular weight is 264 g/mol. The van der Waals surface area contributed by atoms with Crippen LogP contribution < -0.4 is 11.1 Å². The van der Waals surface area contributed by atoms with Crippen LogP contribution in [0.2, 0.25) is 0 Å². The third-order valence-corrected chi connectivity index (χ3v) is 4.14. The maximum Gasteiger partial charge on any atom is 0.0951 e. The second-order valence-electron chi connectivity index (χ2n) is 5.96. The third-order valence-electron chi connectivity index (χ3n) is 4.14. The van der Waals surface area contributed by atoms with Gasteiger partial charge in [0.2, 0.25) is 0 Å². The molecule has 0 aromatic carbocycles. The van der Waals surface area contributed by atoms with Gasteiger partial charge in [-0.05, 0) is 26.7 Å². The van der Waals surface area contributed by atoms with Crippen LogP contribution >= 0.6 is 0 Å². The zero-order chi connectivity index (χ0) is 13.7. The molecule has 1 aliphatic rings. The molecule has 1 fully saturated rings. The first-order valence-corrected chi connectivity index (χ1v) is 7.70. The summed E-state index contributed by atoms with van der Waals surface area (Å²) in [4.78, 5) is 4.29. The first-order valence-electron chi connectivity index (χ1n) is 7.70. The van der Waals surface area contributed by atoms with Crippen LogP contribution in [0.3, 0.4) is 0 Å². The second kappa shape index (κ2) is 7.06. The Morgan fingerprint density at radius 2 is 2.00 bits per heavy atom. The van der Waals surface area contributed by atoms with Gasteiger partial charge in [-0.1, -0.05) is 25.7 Å². The largest absolute Gasteiger partial charge is 0.331 e. The van der Waals surface area contributed by atoms with Gasteiger partial charge >= 0.3 is 0 Å². The summed E-state index contributed by atoms with van der Waals surface area (Å²) in [6.45, 7) is 5.00. The Hall–Kier alpha value is -0.870. The Kier molecular flexibility index (Phi) is 5.40. The maximum absolute atomic E-state index is 5.99. The third kappa shape index (κ3) is 3.80. The zero-order valence-electron chi connectivity index (χ0n) is 12.3. The van der Waals surface area contributed by atoms with Crippen LogP contribution in [0.5, 0.6) is 0 Å². The zero-order valence-corrected chi connectivity index (χ0v) is 12.3. The molecule has 0 spiro atoms. The summed E-state index contributed by atoms with van der Waals surface area (Å²) in [7, 11) is 0. The van der Waals surface area contributed by atoms with Crippen molar-refractivity contribution < 1.29 is 0 Å². The molecule has 0 amide bonds. The Morgan fingerprint density at radius 1 is 1.32 bits per heavy atom. The molecule has 4 heteroatoms. The predicted molar refractivity (Wildman–Crippen MR) is 79.0 cm³/mol. The fraction of sp³-hybridized carbons (Fsp3) is 0.800. The SMILES string of the molecule is CC(C)n1cncc1C(CN)NC1CCCCCC1. The summed E-state index contributed by atoms with van der Waals surface area (Å²) in [6, 6.07) is 1.28. The van der Waals surface area contributed by atoms with Crippen LogP contribution in [0.4, 0.5) is 0 Å². The summed E-state index contributed by atoms with van der Waals surface area (Å²) in [5.41, 5.74) is 7.21. The van der Waals surface area contributed by atoms with E-state index < -0.39 is 0 Å². The van der Waals surface area contributed by atoms with E-state index in [1.807, 2.05) is 12.5 Å². The van der Waals surface area contributed by atoms with E-state index in [4.69, 9.17) is 5.73 Å². The van der Waals surface area contributed by atoms with Crippen LogP contribution in [0.15, 0.2) is 12.5 Å². The number of nitrogens with two attached hydrogens (primary N) is 1. The minimum Gasteiger partial charge on any atom is -0.331 e. The van der Waals surface area contributed by atoms with Gasteiger partial charge in [0.1, 0.15) is 0 Å². The van der Waals surface area contributed by atoms with E-state index in [0.717, 1.165) is 0 Å². The highest BCUT2D eigenvalue weighted by molar-refractivity contribution is 5.07. The highest BCUT2D eigenvalue weighted by Crippen LogP contribution is 2.22. The summed E-state index contributed by atoms with van der Waals surface area (Å²) < 4.78 is 2.22. The van der Waals surface area contributed by atoms with Crippen LogP contribution in [-0.2, 0) is 0 Å². The van der Waals surface area contributed by atoms with Crippen molar-refractivity contribution in [3.05, 3.63) is 18.2 Å². The first kappa shape index (κ1) is 14.5. The summed E-state index contributed by atoms with van der Waals surface area (Å²) in [5.74, 6) is 0. The van der Waals surface area contributed by atoms with Crippen LogP contribution in [-0.4, -0.2) is 22.1 Å². The molecule has 1 aromatic heterocycles. The topological polar surface area (TPSA) is 55.9 Å². The molecule has 1 aromatic rings. The van der Waals surface area contributed by atoms with Gasteiger partial charge < -0.3 is 15.6 Å². The van der Waals surface area contributed by atoms with Gasteiger partial charge in [0, 0.05) is 24.8 Å². The van der Waals surface area contributed by atoms with Gasteiger partial charge in [0.25, 0.3) is 0 Å². The van der Waals surface area contributed by atoms with Gasteiger partial charge in [-0.2, -0.15) is 0 Å². The number of imidazole rings is 1. The molecule has 3 N–H and O–H groups in total. The summed E-state index contributed by atoms with van der Waals surface area (Å²) in [6.07, 6.45) is 11.9. The molecule has 108 valence electrons. The van der Waals surface area contributed by atoms with Crippen LogP contribution in [0.1, 0.15) is 70.2 Å². The molecule has 2 rings (SSSR count). The molecule has 1 heterocycles. The van der Waals surface area contributed by atoms with E-state index in [2.05, 4.69) is 28.7 Å². The molecule has 4 nitrogen and oxygen atoms in total. The quantitative estimate of drug-likeness (QED) is 0.804. The number of aromatic nitrogens is 2. The number of rotatable bonds is 5. The lowest BCUT2D eigenvalue weighted by atomic mass is 10.1. The Morgan fingerprint density at radius 3 is 2.58 bits per heavy atom. The number of hydrogen-bond acceptors (Lipinski definition) is 3. The molecule has 0 radical (unpaired) electrons. The number of nitrogens with zero attached hydrogens (tertiary/aromatic N) is 2. The Balaban J connectivity index is 2.04. The lowest BCUT2D eigenvalue weighted by Crippen LogP contribution is -2.37. The van der Waals surface area contributed by atoms with Gasteiger partial charge in [-0.15, -0.1) is 0 Å². The molecular formula is C15H28N4. The highest BCUT2D eigenvalue weighted by Gasteiger charge is 2.20. The molecule has 1 unspecified atom stereocenters. The van der Waals surface area contributed by atoms with E-state index in [1.54, 1.807) is 0 Å². The smallest absolute Gasteiger partial charge is 0.0951 e. The van der Waals surface area contributed by atoms with E-state index in [0.29, 0.717) is 18.6 Å². The normalized spacial score (nSPS) is 19.6. The first-order chi connectivity index (χ1) is 9.22. The van der Waals surface area contributed by atoms with Crippen molar-refractivity contribution in [2.75, 3.05) is 6.54 Å². The van der Waals surface area contributed by atoms with Crippen molar-refractivity contribution in [3.63, 3.8) is 0 Å². The van der Waals surface area contributed by atoms with Crippen LogP contribution in [0.25, 0.3) is 0 Å². The predicted octanol–water partition coefficient (Wildman–Crippen LogP) is 2.78. The lowest BCUT2D eigenvalue weighted by Gasteiger charge is -2.25. The summed E-state index contributed by atoms with van der Waals surface area (Å²) in [5, 5.41) is 3.76. The molecule has 1 saturated carbocycles. The second-order valence-corrected chi connectivity index (χ2v) is 5.96. The summed E-state index contributed by atoms with van der Waals surface area (Å²) >= 11 is 0. The van der Waals surface area contributed by atoms with Gasteiger partial charge in [-0.3, -0.25) is 0 Å². The molecule has 0 saturated heterocycles. The molecule has 1 aliphatic carbocycles. The Bertz CT molecular complexity index is 364. The van der Waals surface area contributed by atoms with Crippen molar-refractivity contribution in [3.8, 4) is 0 Å².